The zero-order chi connectivity index (χ0) is 15.0. The molecule has 6 heteroatoms. The quantitative estimate of drug-likeness (QED) is 0.477. The van der Waals surface area contributed by atoms with Gasteiger partial charge in [-0.15, -0.1) is 0 Å². The van der Waals surface area contributed by atoms with E-state index in [-0.39, 0.29) is 11.5 Å². The molecule has 1 heterocycles. The molecule has 4 nitrogen and oxygen atoms in total. The SMILES string of the molecule is O=C1/C(=C/c2ccc([N+](=O)[O-])cc2)Sc2ccc(F)cc21. The standard InChI is InChI=1S/C15H8FNO3S/c16-10-3-6-13-12(8-10)15(18)14(21-13)7-9-1-4-11(5-2-9)17(19)20/h1-8H/b14-7-. The lowest BCUT2D eigenvalue weighted by atomic mass is 10.1. The summed E-state index contributed by atoms with van der Waals surface area (Å²) in [4.78, 5) is 23.5. The topological polar surface area (TPSA) is 60.2 Å². The number of benzene rings is 2. The molecule has 2 aromatic rings. The maximum Gasteiger partial charge on any atom is 0.269 e. The third-order valence-corrected chi connectivity index (χ3v) is 4.13. The van der Waals surface area contributed by atoms with Crippen molar-refractivity contribution >= 4 is 29.3 Å². The van der Waals surface area contributed by atoms with Gasteiger partial charge < -0.3 is 0 Å². The molecule has 1 aliphatic heterocycles. The number of thioether (sulfide) groups is 1. The Morgan fingerprint density at radius 2 is 1.86 bits per heavy atom. The van der Waals surface area contributed by atoms with Crippen LogP contribution in [0.2, 0.25) is 0 Å². The lowest BCUT2D eigenvalue weighted by Crippen LogP contribution is -1.95. The number of carbonyl (C=O) groups excluding carboxylic acids is 1. The summed E-state index contributed by atoms with van der Waals surface area (Å²) in [5.41, 5.74) is 1.03. The minimum Gasteiger partial charge on any atom is -0.288 e. The molecule has 0 unspecified atom stereocenters. The van der Waals surface area contributed by atoms with E-state index in [0.717, 1.165) is 4.90 Å². The zero-order valence-corrected chi connectivity index (χ0v) is 11.4. The highest BCUT2D eigenvalue weighted by Crippen LogP contribution is 2.41. The van der Waals surface area contributed by atoms with Gasteiger partial charge >= 0.3 is 0 Å². The molecular formula is C15H8FNO3S. The molecule has 0 bridgehead atoms. The van der Waals surface area contributed by atoms with Gasteiger partial charge in [0, 0.05) is 22.6 Å². The summed E-state index contributed by atoms with van der Waals surface area (Å²) < 4.78 is 13.2. The van der Waals surface area contributed by atoms with Crippen LogP contribution < -0.4 is 0 Å². The van der Waals surface area contributed by atoms with Crippen LogP contribution in [0, 0.1) is 15.9 Å². The van der Waals surface area contributed by atoms with Crippen molar-refractivity contribution in [3.8, 4) is 0 Å². The number of hydrogen-bond acceptors (Lipinski definition) is 4. The van der Waals surface area contributed by atoms with Crippen LogP contribution in [0.25, 0.3) is 6.08 Å². The number of Topliss-reactive ketones (excluding diaryl/α,β-unsaturated/α-hetero) is 1. The molecule has 21 heavy (non-hydrogen) atoms. The number of nitrogens with zero attached hydrogens (tertiary/aromatic N) is 1. The molecule has 0 saturated carbocycles. The Morgan fingerprint density at radius 3 is 2.52 bits per heavy atom. The molecule has 104 valence electrons. The van der Waals surface area contributed by atoms with Crippen LogP contribution >= 0.6 is 11.8 Å². The third-order valence-electron chi connectivity index (χ3n) is 3.03. The number of nitro benzene ring substituents is 1. The predicted molar refractivity (Wildman–Crippen MR) is 77.7 cm³/mol. The van der Waals surface area contributed by atoms with E-state index in [4.69, 9.17) is 0 Å². The Hall–Kier alpha value is -2.47. The second-order valence-electron chi connectivity index (χ2n) is 4.43. The van der Waals surface area contributed by atoms with Crippen molar-refractivity contribution in [3.05, 3.63) is 74.4 Å². The van der Waals surface area contributed by atoms with E-state index in [9.17, 15) is 19.3 Å². The van der Waals surface area contributed by atoms with Crippen LogP contribution in [0.15, 0.2) is 52.3 Å². The molecule has 0 fully saturated rings. The minimum absolute atomic E-state index is 0.00657. The average molecular weight is 301 g/mol. The molecule has 0 aromatic heterocycles. The first-order chi connectivity index (χ1) is 10.0. The molecule has 0 radical (unpaired) electrons. The van der Waals surface area contributed by atoms with Gasteiger partial charge in [-0.2, -0.15) is 0 Å². The number of rotatable bonds is 2. The highest BCUT2D eigenvalue weighted by Gasteiger charge is 2.26. The van der Waals surface area contributed by atoms with E-state index in [1.165, 1.54) is 36.0 Å². The maximum atomic E-state index is 13.2. The number of nitro groups is 1. The maximum absolute atomic E-state index is 13.2. The Balaban J connectivity index is 1.92. The number of allylic oxidation sites excluding steroid dienone is 1. The van der Waals surface area contributed by atoms with Gasteiger partial charge in [-0.1, -0.05) is 11.8 Å². The van der Waals surface area contributed by atoms with Crippen molar-refractivity contribution < 1.29 is 14.1 Å². The van der Waals surface area contributed by atoms with E-state index in [1.54, 1.807) is 24.3 Å². The second-order valence-corrected chi connectivity index (χ2v) is 5.51. The molecule has 0 amide bonds. The summed E-state index contributed by atoms with van der Waals surface area (Å²) in [7, 11) is 0. The number of non-ortho nitro benzene ring substituents is 1. The summed E-state index contributed by atoms with van der Waals surface area (Å²) in [6.45, 7) is 0. The highest BCUT2D eigenvalue weighted by molar-refractivity contribution is 8.04. The molecule has 0 saturated heterocycles. The summed E-state index contributed by atoms with van der Waals surface area (Å²) in [5.74, 6) is -0.674. The molecule has 3 rings (SSSR count). The van der Waals surface area contributed by atoms with Crippen molar-refractivity contribution in [2.75, 3.05) is 0 Å². The van der Waals surface area contributed by atoms with E-state index in [1.807, 2.05) is 0 Å². The lowest BCUT2D eigenvalue weighted by Gasteiger charge is -1.96. The second kappa shape index (κ2) is 5.14. The van der Waals surface area contributed by atoms with Gasteiger partial charge in [0.1, 0.15) is 5.82 Å². The van der Waals surface area contributed by atoms with Crippen LogP contribution in [0.3, 0.4) is 0 Å². The van der Waals surface area contributed by atoms with Crippen LogP contribution in [0.5, 0.6) is 0 Å². The molecule has 0 spiro atoms. The van der Waals surface area contributed by atoms with E-state index < -0.39 is 10.7 Å². The predicted octanol–water partition coefficient (Wildman–Crippen LogP) is 4.06. The smallest absolute Gasteiger partial charge is 0.269 e. The third kappa shape index (κ3) is 2.57. The minimum atomic E-state index is -0.481. The van der Waals surface area contributed by atoms with Gasteiger partial charge in [-0.25, -0.2) is 4.39 Å². The van der Waals surface area contributed by atoms with Crippen molar-refractivity contribution in [3.63, 3.8) is 0 Å². The van der Waals surface area contributed by atoms with Gasteiger partial charge in [0.05, 0.1) is 9.83 Å². The van der Waals surface area contributed by atoms with Gasteiger partial charge in [0.2, 0.25) is 5.78 Å². The van der Waals surface area contributed by atoms with Crippen LogP contribution in [0.4, 0.5) is 10.1 Å². The number of hydrogen-bond donors (Lipinski definition) is 0. The summed E-state index contributed by atoms with van der Waals surface area (Å²) >= 11 is 1.27. The molecule has 1 aliphatic rings. The molecule has 2 aromatic carbocycles. The first kappa shape index (κ1) is 13.5. The van der Waals surface area contributed by atoms with Crippen molar-refractivity contribution in [2.45, 2.75) is 4.90 Å². The van der Waals surface area contributed by atoms with Gasteiger partial charge in [0.25, 0.3) is 5.69 Å². The van der Waals surface area contributed by atoms with Crippen LogP contribution in [-0.4, -0.2) is 10.7 Å². The summed E-state index contributed by atoms with van der Waals surface area (Å²) in [6.07, 6.45) is 1.65. The van der Waals surface area contributed by atoms with Crippen LogP contribution in [0.1, 0.15) is 15.9 Å². The fourth-order valence-electron chi connectivity index (χ4n) is 2.00. The summed E-state index contributed by atoms with van der Waals surface area (Å²) in [6, 6.07) is 10.0. The normalized spacial score (nSPS) is 15.3. The largest absolute Gasteiger partial charge is 0.288 e. The Bertz CT molecular complexity index is 784. The van der Waals surface area contributed by atoms with Gasteiger partial charge in [-0.05, 0) is 42.0 Å². The fraction of sp³-hybridized carbons (Fsp3) is 0. The number of halogens is 1. The molecule has 0 aliphatic carbocycles. The van der Waals surface area contributed by atoms with Crippen molar-refractivity contribution in [2.24, 2.45) is 0 Å². The zero-order valence-electron chi connectivity index (χ0n) is 10.6. The number of carbonyl (C=O) groups is 1. The average Bonchev–Trinajstić information content (AvgIpc) is 2.76. The van der Waals surface area contributed by atoms with Crippen molar-refractivity contribution in [1.29, 1.82) is 0 Å². The Kier molecular flexibility index (Phi) is 3.31. The van der Waals surface area contributed by atoms with E-state index in [0.29, 0.717) is 16.0 Å². The van der Waals surface area contributed by atoms with Gasteiger partial charge in [0.15, 0.2) is 0 Å². The number of ketones is 1. The first-order valence-corrected chi connectivity index (χ1v) is 6.84. The van der Waals surface area contributed by atoms with Gasteiger partial charge in [-0.3, -0.25) is 14.9 Å². The Morgan fingerprint density at radius 1 is 1.14 bits per heavy atom. The molecule has 0 atom stereocenters. The summed E-state index contributed by atoms with van der Waals surface area (Å²) in [5, 5.41) is 10.6. The Labute approximate surface area is 123 Å². The van der Waals surface area contributed by atoms with Crippen molar-refractivity contribution in [1.82, 2.24) is 0 Å². The molecule has 0 N–H and O–H groups in total. The monoisotopic (exact) mass is 301 g/mol. The van der Waals surface area contributed by atoms with Crippen LogP contribution in [-0.2, 0) is 0 Å². The fourth-order valence-corrected chi connectivity index (χ4v) is 3.04. The number of fused-ring (bicyclic) bond motifs is 1. The highest BCUT2D eigenvalue weighted by atomic mass is 32.2. The first-order valence-electron chi connectivity index (χ1n) is 6.03. The van der Waals surface area contributed by atoms with E-state index >= 15 is 0 Å². The molecular weight excluding hydrogens is 293 g/mol. The lowest BCUT2D eigenvalue weighted by molar-refractivity contribution is -0.384. The van der Waals surface area contributed by atoms with E-state index in [2.05, 4.69) is 0 Å².